The fourth-order valence-corrected chi connectivity index (χ4v) is 4.90. The first-order valence-electron chi connectivity index (χ1n) is 6.40. The molecule has 2 heterocycles. The minimum Gasteiger partial charge on any atom is -0.459 e. The van der Waals surface area contributed by atoms with Crippen molar-refractivity contribution in [3.05, 3.63) is 0 Å². The summed E-state index contributed by atoms with van der Waals surface area (Å²) >= 11 is 0. The molecule has 2 saturated carbocycles. The van der Waals surface area contributed by atoms with Crippen molar-refractivity contribution in [3.63, 3.8) is 0 Å². The second-order valence-corrected chi connectivity index (χ2v) is 6.65. The minimum atomic E-state index is -0.130. The van der Waals surface area contributed by atoms with Crippen molar-refractivity contribution in [2.75, 3.05) is 0 Å². The molecule has 0 aromatic rings. The van der Waals surface area contributed by atoms with E-state index in [1.54, 1.807) is 0 Å². The number of rotatable bonds is 0. The van der Waals surface area contributed by atoms with Crippen molar-refractivity contribution in [2.45, 2.75) is 63.3 Å². The predicted octanol–water partition coefficient (Wildman–Crippen LogP) is 2.04. The second kappa shape index (κ2) is 2.33. The van der Waals surface area contributed by atoms with Gasteiger partial charge in [0.2, 0.25) is 0 Å². The molecule has 3 nitrogen and oxygen atoms in total. The highest BCUT2D eigenvalue weighted by molar-refractivity contribution is 5.73. The molecule has 0 aromatic carbocycles. The lowest BCUT2D eigenvalue weighted by Gasteiger charge is -2.38. The molecular formula is C13H18O3. The van der Waals surface area contributed by atoms with Gasteiger partial charge in [0.15, 0.2) is 0 Å². The molecule has 0 radical (unpaired) electrons. The monoisotopic (exact) mass is 222 g/mol. The zero-order valence-corrected chi connectivity index (χ0v) is 9.91. The molecule has 0 bridgehead atoms. The Hall–Kier alpha value is -0.570. The SMILES string of the molecule is CC1(C)CCC[C@]23C[C@H]4CC(=O)O[C@H]4[C@]12O3. The van der Waals surface area contributed by atoms with Crippen LogP contribution in [0.1, 0.15) is 46.0 Å². The van der Waals surface area contributed by atoms with Gasteiger partial charge in [0, 0.05) is 11.3 Å². The van der Waals surface area contributed by atoms with Crippen molar-refractivity contribution in [3.8, 4) is 0 Å². The molecule has 16 heavy (non-hydrogen) atoms. The average molecular weight is 222 g/mol. The van der Waals surface area contributed by atoms with Crippen LogP contribution in [0.3, 0.4) is 0 Å². The Bertz CT molecular complexity index is 389. The zero-order chi connectivity index (χ0) is 11.2. The lowest BCUT2D eigenvalue weighted by Crippen LogP contribution is -2.48. The molecule has 2 aliphatic carbocycles. The molecule has 0 spiro atoms. The summed E-state index contributed by atoms with van der Waals surface area (Å²) in [4.78, 5) is 11.4. The summed E-state index contributed by atoms with van der Waals surface area (Å²) in [6.07, 6.45) is 5.33. The molecular weight excluding hydrogens is 204 g/mol. The highest BCUT2D eigenvalue weighted by Crippen LogP contribution is 2.75. The number of ether oxygens (including phenoxy) is 2. The number of hydrogen-bond acceptors (Lipinski definition) is 3. The minimum absolute atomic E-state index is 0.0187. The van der Waals surface area contributed by atoms with Crippen LogP contribution in [-0.4, -0.2) is 23.3 Å². The molecule has 4 aliphatic rings. The van der Waals surface area contributed by atoms with Crippen LogP contribution in [0.15, 0.2) is 0 Å². The van der Waals surface area contributed by atoms with Crippen molar-refractivity contribution in [1.29, 1.82) is 0 Å². The molecule has 0 unspecified atom stereocenters. The van der Waals surface area contributed by atoms with E-state index in [1.807, 2.05) is 0 Å². The van der Waals surface area contributed by atoms with E-state index in [4.69, 9.17) is 9.47 Å². The number of epoxide rings is 1. The molecule has 0 amide bonds. The van der Waals surface area contributed by atoms with Gasteiger partial charge in [-0.25, -0.2) is 0 Å². The van der Waals surface area contributed by atoms with E-state index < -0.39 is 0 Å². The Kier molecular flexibility index (Phi) is 1.38. The van der Waals surface area contributed by atoms with Gasteiger partial charge in [-0.15, -0.1) is 0 Å². The van der Waals surface area contributed by atoms with E-state index in [-0.39, 0.29) is 28.7 Å². The maximum atomic E-state index is 11.4. The number of carbonyl (C=O) groups excluding carboxylic acids is 1. The standard InChI is InChI=1S/C13H18O3/c1-11(2)4-3-5-12-7-8-6-9(14)15-10(8)13(11,12)16-12/h8,10H,3-7H2,1-2H3/t8-,10-,12+,13+/m1/s1. The van der Waals surface area contributed by atoms with Crippen molar-refractivity contribution in [2.24, 2.45) is 11.3 Å². The number of esters is 1. The lowest BCUT2D eigenvalue weighted by molar-refractivity contribution is -0.146. The highest BCUT2D eigenvalue weighted by Gasteiger charge is 2.86. The normalized spacial score (nSPS) is 56.2. The topological polar surface area (TPSA) is 38.8 Å². The van der Waals surface area contributed by atoms with Gasteiger partial charge in [0.05, 0.1) is 6.42 Å². The van der Waals surface area contributed by atoms with Gasteiger partial charge in [0.1, 0.15) is 17.3 Å². The molecule has 4 fully saturated rings. The van der Waals surface area contributed by atoms with Crippen molar-refractivity contribution < 1.29 is 14.3 Å². The Labute approximate surface area is 95.5 Å². The maximum Gasteiger partial charge on any atom is 0.306 e. The van der Waals surface area contributed by atoms with Crippen LogP contribution in [0, 0.1) is 11.3 Å². The maximum absolute atomic E-state index is 11.4. The van der Waals surface area contributed by atoms with Crippen LogP contribution in [0.2, 0.25) is 0 Å². The number of fused-ring (bicyclic) bond motifs is 1. The van der Waals surface area contributed by atoms with E-state index >= 15 is 0 Å². The molecule has 88 valence electrons. The summed E-state index contributed by atoms with van der Waals surface area (Å²) in [5, 5.41) is 0. The summed E-state index contributed by atoms with van der Waals surface area (Å²) in [6.45, 7) is 4.56. The van der Waals surface area contributed by atoms with Crippen LogP contribution in [0.4, 0.5) is 0 Å². The van der Waals surface area contributed by atoms with Crippen molar-refractivity contribution in [1.82, 2.24) is 0 Å². The first-order chi connectivity index (χ1) is 7.51. The van der Waals surface area contributed by atoms with Crippen LogP contribution in [0.25, 0.3) is 0 Å². The highest BCUT2D eigenvalue weighted by atomic mass is 16.7. The third-order valence-electron chi connectivity index (χ3n) is 5.49. The summed E-state index contributed by atoms with van der Waals surface area (Å²) in [5.74, 6) is 0.411. The molecule has 2 saturated heterocycles. The number of hydrogen-bond donors (Lipinski definition) is 0. The summed E-state index contributed by atoms with van der Waals surface area (Å²) in [6, 6.07) is 0. The van der Waals surface area contributed by atoms with Crippen LogP contribution in [0.5, 0.6) is 0 Å². The van der Waals surface area contributed by atoms with Crippen LogP contribution < -0.4 is 0 Å². The Balaban J connectivity index is 1.80. The smallest absolute Gasteiger partial charge is 0.306 e. The number of carbonyl (C=O) groups is 1. The first-order valence-corrected chi connectivity index (χ1v) is 6.40. The summed E-state index contributed by atoms with van der Waals surface area (Å²) in [5.41, 5.74) is 0.106. The van der Waals surface area contributed by atoms with Gasteiger partial charge < -0.3 is 9.47 Å². The molecule has 2 aliphatic heterocycles. The van der Waals surface area contributed by atoms with E-state index in [0.717, 1.165) is 6.42 Å². The fraction of sp³-hybridized carbons (Fsp3) is 0.923. The third-order valence-corrected chi connectivity index (χ3v) is 5.49. The van der Waals surface area contributed by atoms with Gasteiger partial charge in [-0.2, -0.15) is 0 Å². The van der Waals surface area contributed by atoms with Crippen molar-refractivity contribution >= 4 is 5.97 Å². The second-order valence-electron chi connectivity index (χ2n) is 6.65. The van der Waals surface area contributed by atoms with E-state index in [1.165, 1.54) is 19.3 Å². The molecule has 4 atom stereocenters. The van der Waals surface area contributed by atoms with Gasteiger partial charge in [-0.3, -0.25) is 4.79 Å². The fourth-order valence-electron chi connectivity index (χ4n) is 4.90. The van der Waals surface area contributed by atoms with Gasteiger partial charge in [0.25, 0.3) is 0 Å². The van der Waals surface area contributed by atoms with E-state index in [2.05, 4.69) is 13.8 Å². The Morgan fingerprint density at radius 1 is 1.31 bits per heavy atom. The largest absolute Gasteiger partial charge is 0.459 e. The van der Waals surface area contributed by atoms with Crippen LogP contribution in [-0.2, 0) is 14.3 Å². The summed E-state index contributed by atoms with van der Waals surface area (Å²) < 4.78 is 11.8. The molecule has 3 heteroatoms. The first kappa shape index (κ1) is 9.46. The van der Waals surface area contributed by atoms with Gasteiger partial charge in [-0.05, 0) is 25.7 Å². The lowest BCUT2D eigenvalue weighted by atomic mass is 9.64. The average Bonchev–Trinajstić information content (AvgIpc) is 2.59. The molecule has 4 rings (SSSR count). The third kappa shape index (κ3) is 0.755. The van der Waals surface area contributed by atoms with Crippen LogP contribution >= 0.6 is 0 Å². The van der Waals surface area contributed by atoms with Gasteiger partial charge in [-0.1, -0.05) is 13.8 Å². The molecule has 0 aromatic heterocycles. The van der Waals surface area contributed by atoms with Gasteiger partial charge >= 0.3 is 5.97 Å². The Morgan fingerprint density at radius 3 is 2.94 bits per heavy atom. The van der Waals surface area contributed by atoms with E-state index in [9.17, 15) is 4.79 Å². The quantitative estimate of drug-likeness (QED) is 0.465. The predicted molar refractivity (Wildman–Crippen MR) is 56.8 cm³/mol. The molecule has 0 N–H and O–H groups in total. The summed E-state index contributed by atoms with van der Waals surface area (Å²) in [7, 11) is 0. The zero-order valence-electron chi connectivity index (χ0n) is 9.91. The van der Waals surface area contributed by atoms with E-state index in [0.29, 0.717) is 12.3 Å². The Morgan fingerprint density at radius 2 is 2.12 bits per heavy atom.